The quantitative estimate of drug-likeness (QED) is 0.844. The Labute approximate surface area is 115 Å². The van der Waals surface area contributed by atoms with Crippen molar-refractivity contribution < 1.29 is 0 Å². The molecule has 0 fully saturated rings. The van der Waals surface area contributed by atoms with Crippen LogP contribution >= 0.6 is 15.9 Å². The van der Waals surface area contributed by atoms with E-state index in [0.29, 0.717) is 11.0 Å². The number of pyridine rings is 1. The van der Waals surface area contributed by atoms with Crippen molar-refractivity contribution in [1.82, 2.24) is 4.57 Å². The maximum atomic E-state index is 12.1. The van der Waals surface area contributed by atoms with Crippen LogP contribution in [0.4, 0.5) is 0 Å². The smallest absolute Gasteiger partial charge is 0.265 e. The van der Waals surface area contributed by atoms with Crippen molar-refractivity contribution in [2.45, 2.75) is 26.8 Å². The molecule has 1 aromatic heterocycles. The van der Waals surface area contributed by atoms with Crippen LogP contribution in [0, 0.1) is 0 Å². The molecule has 94 valence electrons. The summed E-state index contributed by atoms with van der Waals surface area (Å²) in [5.41, 5.74) is 3.43. The molecule has 2 aromatic rings. The van der Waals surface area contributed by atoms with Crippen molar-refractivity contribution in [3.8, 4) is 11.3 Å². The third-order valence-electron chi connectivity index (χ3n) is 3.12. The van der Waals surface area contributed by atoms with E-state index in [4.69, 9.17) is 0 Å². The lowest BCUT2D eigenvalue weighted by Gasteiger charge is -2.14. The molecule has 0 saturated heterocycles. The zero-order chi connectivity index (χ0) is 13.1. The van der Waals surface area contributed by atoms with Gasteiger partial charge in [-0.2, -0.15) is 0 Å². The van der Waals surface area contributed by atoms with Crippen LogP contribution in [0.3, 0.4) is 0 Å². The van der Waals surface area contributed by atoms with E-state index in [0.717, 1.165) is 17.7 Å². The molecule has 0 amide bonds. The fraction of sp³-hybridized carbons (Fsp3) is 0.267. The minimum atomic E-state index is 0.0286. The zero-order valence-corrected chi connectivity index (χ0v) is 12.2. The molecule has 2 rings (SSSR count). The highest BCUT2D eigenvalue weighted by molar-refractivity contribution is 9.10. The summed E-state index contributed by atoms with van der Waals surface area (Å²) in [5, 5.41) is 0. The van der Waals surface area contributed by atoms with Gasteiger partial charge in [0, 0.05) is 12.1 Å². The fourth-order valence-corrected chi connectivity index (χ4v) is 2.53. The first-order chi connectivity index (χ1) is 8.69. The molecule has 0 spiro atoms. The van der Waals surface area contributed by atoms with Crippen LogP contribution in [0.5, 0.6) is 0 Å². The van der Waals surface area contributed by atoms with Gasteiger partial charge in [-0.15, -0.1) is 0 Å². The number of rotatable bonds is 3. The molecule has 3 heteroatoms. The summed E-state index contributed by atoms with van der Waals surface area (Å²) in [4.78, 5) is 12.1. The van der Waals surface area contributed by atoms with E-state index in [1.165, 1.54) is 5.56 Å². The lowest BCUT2D eigenvalue weighted by Crippen LogP contribution is -2.21. The number of hydrogen-bond donors (Lipinski definition) is 0. The standard InChI is InChI=1S/C15H16BrNO/c1-3-11-7-5-6-8-12(11)14-10-9-13(16)15(18)17(14)4-2/h5-10H,3-4H2,1-2H3. The molecule has 0 aliphatic heterocycles. The Morgan fingerprint density at radius 2 is 1.83 bits per heavy atom. The SMILES string of the molecule is CCc1ccccc1-c1ccc(Br)c(=O)n1CC. The summed E-state index contributed by atoms with van der Waals surface area (Å²) in [6, 6.07) is 12.1. The Hall–Kier alpha value is -1.35. The highest BCUT2D eigenvalue weighted by atomic mass is 79.9. The molecule has 18 heavy (non-hydrogen) atoms. The predicted octanol–water partition coefficient (Wildman–Crippen LogP) is 3.86. The average Bonchev–Trinajstić information content (AvgIpc) is 2.41. The summed E-state index contributed by atoms with van der Waals surface area (Å²) in [6.45, 7) is 4.80. The first kappa shape index (κ1) is 13.1. The molecule has 1 heterocycles. The first-order valence-corrected chi connectivity index (χ1v) is 6.96. The normalized spacial score (nSPS) is 10.6. The van der Waals surface area contributed by atoms with Crippen molar-refractivity contribution in [3.63, 3.8) is 0 Å². The zero-order valence-electron chi connectivity index (χ0n) is 10.6. The van der Waals surface area contributed by atoms with Gasteiger partial charge >= 0.3 is 0 Å². The number of nitrogens with zero attached hydrogens (tertiary/aromatic N) is 1. The number of aryl methyl sites for hydroxylation is 1. The molecule has 0 atom stereocenters. The molecule has 0 radical (unpaired) electrons. The summed E-state index contributed by atoms with van der Waals surface area (Å²) < 4.78 is 2.42. The van der Waals surface area contributed by atoms with Crippen LogP contribution in [-0.2, 0) is 13.0 Å². The lowest BCUT2D eigenvalue weighted by atomic mass is 10.0. The van der Waals surface area contributed by atoms with E-state index < -0.39 is 0 Å². The topological polar surface area (TPSA) is 22.0 Å². The van der Waals surface area contributed by atoms with Crippen LogP contribution in [0.1, 0.15) is 19.4 Å². The largest absolute Gasteiger partial charge is 0.308 e. The van der Waals surface area contributed by atoms with Gasteiger partial charge < -0.3 is 4.57 Å². The van der Waals surface area contributed by atoms with Gasteiger partial charge in [0.15, 0.2) is 0 Å². The van der Waals surface area contributed by atoms with Crippen molar-refractivity contribution in [1.29, 1.82) is 0 Å². The highest BCUT2D eigenvalue weighted by Crippen LogP contribution is 2.24. The lowest BCUT2D eigenvalue weighted by molar-refractivity contribution is 0.731. The molecule has 2 nitrogen and oxygen atoms in total. The number of aromatic nitrogens is 1. The van der Waals surface area contributed by atoms with Crippen molar-refractivity contribution in [3.05, 3.63) is 56.8 Å². The molecular weight excluding hydrogens is 290 g/mol. The van der Waals surface area contributed by atoms with Crippen LogP contribution < -0.4 is 5.56 Å². The van der Waals surface area contributed by atoms with Crippen molar-refractivity contribution in [2.75, 3.05) is 0 Å². The maximum absolute atomic E-state index is 12.1. The molecule has 1 aromatic carbocycles. The van der Waals surface area contributed by atoms with E-state index in [9.17, 15) is 4.79 Å². The van der Waals surface area contributed by atoms with E-state index in [1.54, 1.807) is 4.57 Å². The predicted molar refractivity (Wildman–Crippen MR) is 78.9 cm³/mol. The van der Waals surface area contributed by atoms with Gasteiger partial charge in [-0.05, 0) is 47.0 Å². The summed E-state index contributed by atoms with van der Waals surface area (Å²) in [5.74, 6) is 0. The van der Waals surface area contributed by atoms with Gasteiger partial charge in [-0.25, -0.2) is 0 Å². The van der Waals surface area contributed by atoms with Gasteiger partial charge in [0.1, 0.15) is 0 Å². The van der Waals surface area contributed by atoms with E-state index in [-0.39, 0.29) is 5.56 Å². The van der Waals surface area contributed by atoms with Crippen molar-refractivity contribution in [2.24, 2.45) is 0 Å². The molecule has 0 aliphatic rings. The van der Waals surface area contributed by atoms with Crippen LogP contribution in [0.15, 0.2) is 45.7 Å². The summed E-state index contributed by atoms with van der Waals surface area (Å²) >= 11 is 3.30. The van der Waals surface area contributed by atoms with Gasteiger partial charge in [0.05, 0.1) is 10.2 Å². The monoisotopic (exact) mass is 305 g/mol. The highest BCUT2D eigenvalue weighted by Gasteiger charge is 2.10. The fourth-order valence-electron chi connectivity index (χ4n) is 2.18. The van der Waals surface area contributed by atoms with Crippen LogP contribution in [0.2, 0.25) is 0 Å². The van der Waals surface area contributed by atoms with Gasteiger partial charge in [0.2, 0.25) is 0 Å². The number of benzene rings is 1. The van der Waals surface area contributed by atoms with Crippen LogP contribution in [-0.4, -0.2) is 4.57 Å². The van der Waals surface area contributed by atoms with E-state index >= 15 is 0 Å². The molecule has 0 aliphatic carbocycles. The second-order valence-corrected chi connectivity index (χ2v) is 4.98. The minimum Gasteiger partial charge on any atom is -0.308 e. The summed E-state index contributed by atoms with van der Waals surface area (Å²) in [7, 11) is 0. The Morgan fingerprint density at radius 3 is 2.50 bits per heavy atom. The van der Waals surface area contributed by atoms with E-state index in [1.807, 2.05) is 31.2 Å². The maximum Gasteiger partial charge on any atom is 0.265 e. The first-order valence-electron chi connectivity index (χ1n) is 6.16. The third-order valence-corrected chi connectivity index (χ3v) is 3.72. The van der Waals surface area contributed by atoms with E-state index in [2.05, 4.69) is 35.0 Å². The Morgan fingerprint density at radius 1 is 1.11 bits per heavy atom. The molecule has 0 unspecified atom stereocenters. The second kappa shape index (κ2) is 5.53. The summed E-state index contributed by atoms with van der Waals surface area (Å²) in [6.07, 6.45) is 0.962. The Bertz CT molecular complexity index is 616. The molecule has 0 N–H and O–H groups in total. The van der Waals surface area contributed by atoms with Gasteiger partial charge in [0.25, 0.3) is 5.56 Å². The third kappa shape index (κ3) is 2.27. The van der Waals surface area contributed by atoms with Crippen LogP contribution in [0.25, 0.3) is 11.3 Å². The number of halogens is 1. The second-order valence-electron chi connectivity index (χ2n) is 4.13. The van der Waals surface area contributed by atoms with Crippen molar-refractivity contribution >= 4 is 15.9 Å². The van der Waals surface area contributed by atoms with Gasteiger partial charge in [-0.1, -0.05) is 31.2 Å². The molecule has 0 bridgehead atoms. The minimum absolute atomic E-state index is 0.0286. The van der Waals surface area contributed by atoms with Gasteiger partial charge in [-0.3, -0.25) is 4.79 Å². The average molecular weight is 306 g/mol. The molecular formula is C15H16BrNO. The Kier molecular flexibility index (Phi) is 4.02. The Balaban J connectivity index is 2.71. The number of hydrogen-bond acceptors (Lipinski definition) is 1. The molecule has 0 saturated carbocycles.